The Labute approximate surface area is 191 Å². The lowest BCUT2D eigenvalue weighted by Gasteiger charge is -2.36. The summed E-state index contributed by atoms with van der Waals surface area (Å²) < 4.78 is 29.8. The molecule has 0 nitrogen and oxygen atoms in total. The second kappa shape index (κ2) is 8.33. The lowest BCUT2D eigenvalue weighted by atomic mass is 9.68. The van der Waals surface area contributed by atoms with Crippen LogP contribution < -0.4 is 0 Å². The molecule has 0 radical (unpaired) electrons. The van der Waals surface area contributed by atoms with Crippen molar-refractivity contribution >= 4 is 22.7 Å². The van der Waals surface area contributed by atoms with Gasteiger partial charge in [-0.1, -0.05) is 64.1 Å². The van der Waals surface area contributed by atoms with Gasteiger partial charge in [-0.3, -0.25) is 0 Å². The predicted molar refractivity (Wildman–Crippen MR) is 130 cm³/mol. The Balaban J connectivity index is 1.59. The van der Waals surface area contributed by atoms with Crippen LogP contribution in [0.2, 0.25) is 0 Å². The van der Waals surface area contributed by atoms with Crippen LogP contribution in [0.5, 0.6) is 0 Å². The van der Waals surface area contributed by atoms with Crippen LogP contribution in [0, 0.1) is 11.6 Å². The molecular weight excluding hydrogens is 426 g/mol. The van der Waals surface area contributed by atoms with Gasteiger partial charge in [0.15, 0.2) is 0 Å². The number of hydrogen-bond donors (Lipinski definition) is 0. The predicted octanol–water partition coefficient (Wildman–Crippen LogP) is 9.07. The Hall–Kier alpha value is -2.30. The summed E-state index contributed by atoms with van der Waals surface area (Å²) in [5, 5.41) is 3.91. The van der Waals surface area contributed by atoms with E-state index >= 15 is 0 Å². The molecule has 0 bridgehead atoms. The Morgan fingerprint density at radius 3 is 1.39 bits per heavy atom. The zero-order valence-electron chi connectivity index (χ0n) is 18.2. The van der Waals surface area contributed by atoms with E-state index in [4.69, 9.17) is 0 Å². The summed E-state index contributed by atoms with van der Waals surface area (Å²) in [5.74, 6) is -0.394. The first-order valence-electron chi connectivity index (χ1n) is 10.4. The molecule has 0 fully saturated rings. The van der Waals surface area contributed by atoms with Gasteiger partial charge in [-0.2, -0.15) is 0 Å². The van der Waals surface area contributed by atoms with Crippen molar-refractivity contribution in [3.05, 3.63) is 94.2 Å². The molecule has 0 amide bonds. The molecule has 0 N–H and O–H groups in total. The molecule has 4 heteroatoms. The average Bonchev–Trinajstić information content (AvgIpc) is 3.41. The number of thiophene rings is 2. The van der Waals surface area contributed by atoms with Crippen molar-refractivity contribution in [3.8, 4) is 20.9 Å². The summed E-state index contributed by atoms with van der Waals surface area (Å²) in [4.78, 5) is 1.87. The monoisotopic (exact) mass is 452 g/mol. The standard InChI is InChI=1S/C27H26F2S2/c1-26(2,18-9-11-20(22(28)15-18)24-7-5-13-30-24)17-27(3,4)19-10-12-21(23(29)16-19)25-8-6-14-31-25/h5-16H,17H2,1-4H3. The first-order chi connectivity index (χ1) is 14.7. The highest BCUT2D eigenvalue weighted by Gasteiger charge is 2.32. The SMILES string of the molecule is CC(C)(CC(C)(C)c1ccc(-c2cccs2)c(F)c1)c1ccc(-c2cccs2)c(F)c1. The van der Waals surface area contributed by atoms with Crippen molar-refractivity contribution in [2.75, 3.05) is 0 Å². The molecule has 0 atom stereocenters. The van der Waals surface area contributed by atoms with Gasteiger partial charge in [-0.25, -0.2) is 8.78 Å². The lowest BCUT2D eigenvalue weighted by Crippen LogP contribution is -2.30. The van der Waals surface area contributed by atoms with Crippen LogP contribution in [0.25, 0.3) is 20.9 Å². The molecule has 0 aliphatic carbocycles. The minimum atomic E-state index is -0.277. The van der Waals surface area contributed by atoms with Gasteiger partial charge in [0, 0.05) is 20.9 Å². The summed E-state index contributed by atoms with van der Waals surface area (Å²) in [5.41, 5.74) is 2.63. The Morgan fingerprint density at radius 2 is 1.06 bits per heavy atom. The molecule has 0 saturated heterocycles. The molecule has 2 aromatic heterocycles. The molecule has 2 heterocycles. The van der Waals surface area contributed by atoms with Gasteiger partial charge >= 0.3 is 0 Å². The first kappa shape index (κ1) is 21.9. The molecule has 0 aliphatic rings. The van der Waals surface area contributed by atoms with Crippen LogP contribution in [-0.4, -0.2) is 0 Å². The maximum absolute atomic E-state index is 14.9. The molecule has 4 aromatic rings. The highest BCUT2D eigenvalue weighted by molar-refractivity contribution is 7.13. The van der Waals surface area contributed by atoms with Gasteiger partial charge in [-0.05, 0) is 63.4 Å². The fraction of sp³-hybridized carbons (Fsp3) is 0.259. The van der Waals surface area contributed by atoms with E-state index in [0.29, 0.717) is 11.1 Å². The van der Waals surface area contributed by atoms with Gasteiger partial charge < -0.3 is 0 Å². The summed E-state index contributed by atoms with van der Waals surface area (Å²) in [6.07, 6.45) is 0.760. The fourth-order valence-corrected chi connectivity index (χ4v) is 5.95. The molecule has 0 saturated carbocycles. The van der Waals surface area contributed by atoms with Crippen LogP contribution in [0.15, 0.2) is 71.4 Å². The fourth-order valence-electron chi connectivity index (χ4n) is 4.44. The molecular formula is C27H26F2S2. The maximum atomic E-state index is 14.9. The van der Waals surface area contributed by atoms with Crippen molar-refractivity contribution < 1.29 is 8.78 Å². The van der Waals surface area contributed by atoms with Crippen molar-refractivity contribution in [3.63, 3.8) is 0 Å². The molecule has 0 unspecified atom stereocenters. The zero-order valence-corrected chi connectivity index (χ0v) is 19.8. The number of rotatable bonds is 6. The van der Waals surface area contributed by atoms with Crippen LogP contribution in [0.4, 0.5) is 8.78 Å². The van der Waals surface area contributed by atoms with E-state index in [-0.39, 0.29) is 22.5 Å². The maximum Gasteiger partial charge on any atom is 0.132 e. The lowest BCUT2D eigenvalue weighted by molar-refractivity contribution is 0.347. The third kappa shape index (κ3) is 4.51. The largest absolute Gasteiger partial charge is 0.206 e. The van der Waals surface area contributed by atoms with Gasteiger partial charge in [0.2, 0.25) is 0 Å². The topological polar surface area (TPSA) is 0 Å². The van der Waals surface area contributed by atoms with Crippen molar-refractivity contribution in [1.29, 1.82) is 0 Å². The van der Waals surface area contributed by atoms with Crippen LogP contribution >= 0.6 is 22.7 Å². The van der Waals surface area contributed by atoms with E-state index in [1.165, 1.54) is 22.7 Å². The van der Waals surface area contributed by atoms with Crippen LogP contribution in [-0.2, 0) is 10.8 Å². The highest BCUT2D eigenvalue weighted by Crippen LogP contribution is 2.41. The molecule has 160 valence electrons. The van der Waals surface area contributed by atoms with Crippen LogP contribution in [0.3, 0.4) is 0 Å². The van der Waals surface area contributed by atoms with E-state index in [1.54, 1.807) is 12.1 Å². The highest BCUT2D eigenvalue weighted by atomic mass is 32.1. The van der Waals surface area contributed by atoms with Crippen LogP contribution in [0.1, 0.15) is 45.2 Å². The van der Waals surface area contributed by atoms with E-state index in [0.717, 1.165) is 27.3 Å². The van der Waals surface area contributed by atoms with Crippen molar-refractivity contribution in [1.82, 2.24) is 0 Å². The van der Waals surface area contributed by atoms with E-state index in [2.05, 4.69) is 27.7 Å². The Morgan fingerprint density at radius 1 is 0.645 bits per heavy atom. The second-order valence-electron chi connectivity index (χ2n) is 9.29. The zero-order chi connectivity index (χ0) is 22.2. The number of hydrogen-bond acceptors (Lipinski definition) is 2. The minimum Gasteiger partial charge on any atom is -0.206 e. The van der Waals surface area contributed by atoms with Gasteiger partial charge in [0.05, 0.1) is 0 Å². The van der Waals surface area contributed by atoms with Gasteiger partial charge in [-0.15, -0.1) is 22.7 Å². The summed E-state index contributed by atoms with van der Waals surface area (Å²) >= 11 is 3.07. The smallest absolute Gasteiger partial charge is 0.132 e. The van der Waals surface area contributed by atoms with E-state index in [1.807, 2.05) is 59.3 Å². The molecule has 2 aromatic carbocycles. The number of halogens is 2. The third-order valence-corrected chi connectivity index (χ3v) is 7.76. The van der Waals surface area contributed by atoms with E-state index in [9.17, 15) is 8.78 Å². The van der Waals surface area contributed by atoms with Gasteiger partial charge in [0.1, 0.15) is 11.6 Å². The summed E-state index contributed by atoms with van der Waals surface area (Å²) in [6.45, 7) is 8.52. The first-order valence-corrected chi connectivity index (χ1v) is 12.1. The van der Waals surface area contributed by atoms with Gasteiger partial charge in [0.25, 0.3) is 0 Å². The normalized spacial score (nSPS) is 12.3. The third-order valence-electron chi connectivity index (χ3n) is 5.96. The minimum absolute atomic E-state index is 0.197. The number of benzene rings is 2. The molecule has 0 spiro atoms. The second-order valence-corrected chi connectivity index (χ2v) is 11.2. The average molecular weight is 453 g/mol. The Bertz CT molecular complexity index is 1080. The van der Waals surface area contributed by atoms with E-state index < -0.39 is 0 Å². The van der Waals surface area contributed by atoms with Crippen molar-refractivity contribution in [2.24, 2.45) is 0 Å². The quantitative estimate of drug-likeness (QED) is 0.274. The molecule has 31 heavy (non-hydrogen) atoms. The molecule has 4 rings (SSSR count). The summed E-state index contributed by atoms with van der Waals surface area (Å²) in [7, 11) is 0. The Kier molecular flexibility index (Phi) is 5.89. The summed E-state index contributed by atoms with van der Waals surface area (Å²) in [6, 6.07) is 18.9. The van der Waals surface area contributed by atoms with Crippen molar-refractivity contribution in [2.45, 2.75) is 44.9 Å². The molecule has 0 aliphatic heterocycles.